The van der Waals surface area contributed by atoms with Crippen LogP contribution in [0.1, 0.15) is 44.6 Å². The van der Waals surface area contributed by atoms with Gasteiger partial charge in [-0.2, -0.15) is 0 Å². The zero-order valence-corrected chi connectivity index (χ0v) is 16.3. The maximum atomic E-state index is 13.3. The fraction of sp³-hybridized carbons (Fsp3) is 0.579. The number of carbonyl (C=O) groups is 2. The highest BCUT2D eigenvalue weighted by Crippen LogP contribution is 2.20. The highest BCUT2D eigenvalue weighted by atomic mass is 79.9. The Bertz CT molecular complexity index is 601. The van der Waals surface area contributed by atoms with Crippen LogP contribution in [0.2, 0.25) is 0 Å². The number of halogens is 2. The van der Waals surface area contributed by atoms with Crippen LogP contribution in [0.4, 0.5) is 4.39 Å². The van der Waals surface area contributed by atoms with Crippen molar-refractivity contribution in [1.29, 1.82) is 0 Å². The number of rotatable bonds is 7. The Labute approximate surface area is 157 Å². The molecule has 6 heteroatoms. The predicted octanol–water partition coefficient (Wildman–Crippen LogP) is 3.68. The summed E-state index contributed by atoms with van der Waals surface area (Å²) in [6.45, 7) is 4.09. The van der Waals surface area contributed by atoms with Crippen molar-refractivity contribution in [2.24, 2.45) is 5.92 Å². The topological polar surface area (TPSA) is 49.4 Å². The van der Waals surface area contributed by atoms with Crippen LogP contribution in [-0.4, -0.2) is 36.3 Å². The van der Waals surface area contributed by atoms with Crippen LogP contribution in [0, 0.1) is 11.7 Å². The van der Waals surface area contributed by atoms with Crippen molar-refractivity contribution < 1.29 is 14.0 Å². The van der Waals surface area contributed by atoms with Gasteiger partial charge >= 0.3 is 0 Å². The van der Waals surface area contributed by atoms with E-state index in [1.165, 1.54) is 6.07 Å². The summed E-state index contributed by atoms with van der Waals surface area (Å²) in [6.07, 6.45) is 4.96. The monoisotopic (exact) mass is 412 g/mol. The van der Waals surface area contributed by atoms with Gasteiger partial charge in [-0.05, 0) is 52.9 Å². The van der Waals surface area contributed by atoms with Crippen LogP contribution in [0.5, 0.6) is 0 Å². The van der Waals surface area contributed by atoms with E-state index in [-0.39, 0.29) is 30.0 Å². The predicted molar refractivity (Wildman–Crippen MR) is 99.6 cm³/mol. The number of amides is 2. The fourth-order valence-electron chi connectivity index (χ4n) is 3.06. The average molecular weight is 413 g/mol. The number of likely N-dealkylation sites (tertiary alicyclic amines) is 1. The van der Waals surface area contributed by atoms with E-state index in [1.54, 1.807) is 17.0 Å². The van der Waals surface area contributed by atoms with E-state index in [9.17, 15) is 14.0 Å². The molecule has 4 nitrogen and oxygen atoms in total. The number of piperidine rings is 1. The van der Waals surface area contributed by atoms with Crippen molar-refractivity contribution in [2.75, 3.05) is 19.6 Å². The lowest BCUT2D eigenvalue weighted by Gasteiger charge is -2.31. The molecule has 1 fully saturated rings. The van der Waals surface area contributed by atoms with Gasteiger partial charge < -0.3 is 10.2 Å². The third-order valence-corrected chi connectivity index (χ3v) is 5.25. The first-order valence-electron chi connectivity index (χ1n) is 9.00. The van der Waals surface area contributed by atoms with Gasteiger partial charge in [-0.25, -0.2) is 4.39 Å². The largest absolute Gasteiger partial charge is 0.356 e. The average Bonchev–Trinajstić information content (AvgIpc) is 2.62. The third kappa shape index (κ3) is 6.10. The van der Waals surface area contributed by atoms with Gasteiger partial charge in [0.2, 0.25) is 11.8 Å². The smallest absolute Gasteiger partial charge is 0.226 e. The van der Waals surface area contributed by atoms with Crippen molar-refractivity contribution >= 4 is 27.7 Å². The molecule has 1 aliphatic rings. The second-order valence-corrected chi connectivity index (χ2v) is 7.43. The molecule has 1 aromatic rings. The summed E-state index contributed by atoms with van der Waals surface area (Å²) in [5.74, 6) is -0.182. The van der Waals surface area contributed by atoms with Crippen molar-refractivity contribution in [3.63, 3.8) is 0 Å². The molecule has 0 spiro atoms. The molecular weight excluding hydrogens is 387 g/mol. The summed E-state index contributed by atoms with van der Waals surface area (Å²) in [7, 11) is 0. The van der Waals surface area contributed by atoms with Gasteiger partial charge in [0, 0.05) is 25.6 Å². The van der Waals surface area contributed by atoms with Crippen molar-refractivity contribution in [3.8, 4) is 0 Å². The molecule has 0 atom stereocenters. The molecule has 0 saturated carbocycles. The molecule has 2 rings (SSSR count). The van der Waals surface area contributed by atoms with Crippen LogP contribution >= 0.6 is 15.9 Å². The van der Waals surface area contributed by atoms with E-state index in [4.69, 9.17) is 0 Å². The van der Waals surface area contributed by atoms with Gasteiger partial charge in [-0.1, -0.05) is 25.8 Å². The van der Waals surface area contributed by atoms with Crippen molar-refractivity contribution in [1.82, 2.24) is 10.2 Å². The van der Waals surface area contributed by atoms with E-state index in [2.05, 4.69) is 28.2 Å². The Kier molecular flexibility index (Phi) is 7.88. The molecular formula is C19H26BrFN2O2. The van der Waals surface area contributed by atoms with Crippen LogP contribution < -0.4 is 5.32 Å². The zero-order chi connectivity index (χ0) is 18.2. The minimum atomic E-state index is -0.332. The van der Waals surface area contributed by atoms with Crippen molar-refractivity contribution in [2.45, 2.75) is 45.4 Å². The van der Waals surface area contributed by atoms with Crippen LogP contribution in [-0.2, 0) is 16.0 Å². The zero-order valence-electron chi connectivity index (χ0n) is 14.7. The number of nitrogens with one attached hydrogen (secondary N) is 1. The summed E-state index contributed by atoms with van der Waals surface area (Å²) in [4.78, 5) is 26.3. The molecule has 1 N–H and O–H groups in total. The fourth-order valence-corrected chi connectivity index (χ4v) is 3.48. The minimum Gasteiger partial charge on any atom is -0.356 e. The third-order valence-electron chi connectivity index (χ3n) is 4.64. The van der Waals surface area contributed by atoms with Crippen LogP contribution in [0.3, 0.4) is 0 Å². The number of unbranched alkanes of at least 4 members (excludes halogenated alkanes) is 2. The number of hydrogen-bond acceptors (Lipinski definition) is 2. The Balaban J connectivity index is 1.76. The summed E-state index contributed by atoms with van der Waals surface area (Å²) >= 11 is 3.14. The molecule has 0 unspecified atom stereocenters. The second kappa shape index (κ2) is 9.90. The van der Waals surface area contributed by atoms with Gasteiger partial charge in [0.25, 0.3) is 0 Å². The first-order valence-corrected chi connectivity index (χ1v) is 9.80. The number of hydrogen-bond donors (Lipinski definition) is 1. The molecule has 1 aliphatic heterocycles. The highest BCUT2D eigenvalue weighted by Gasteiger charge is 2.27. The van der Waals surface area contributed by atoms with E-state index in [0.29, 0.717) is 30.4 Å². The Hall–Kier alpha value is -1.43. The van der Waals surface area contributed by atoms with E-state index in [0.717, 1.165) is 31.4 Å². The molecule has 2 amide bonds. The Morgan fingerprint density at radius 3 is 2.64 bits per heavy atom. The molecule has 0 aliphatic carbocycles. The summed E-state index contributed by atoms with van der Waals surface area (Å²) in [5, 5.41) is 3.00. The molecule has 1 saturated heterocycles. The van der Waals surface area contributed by atoms with E-state index < -0.39 is 0 Å². The van der Waals surface area contributed by atoms with E-state index in [1.807, 2.05) is 0 Å². The standard InChI is InChI=1S/C19H26BrFN2O2/c1-2-3-4-9-22-19(25)15-7-10-23(11-8-15)18(24)13-14-5-6-17(21)16(20)12-14/h5-6,12,15H,2-4,7-11,13H2,1H3,(H,22,25). The first kappa shape index (κ1) is 19.9. The summed E-state index contributed by atoms with van der Waals surface area (Å²) in [6, 6.07) is 4.64. The number of benzene rings is 1. The molecule has 138 valence electrons. The van der Waals surface area contributed by atoms with Gasteiger partial charge in [0.05, 0.1) is 10.9 Å². The maximum absolute atomic E-state index is 13.3. The van der Waals surface area contributed by atoms with E-state index >= 15 is 0 Å². The van der Waals surface area contributed by atoms with Gasteiger partial charge in [0.15, 0.2) is 0 Å². The quantitative estimate of drug-likeness (QED) is 0.694. The highest BCUT2D eigenvalue weighted by molar-refractivity contribution is 9.10. The number of nitrogens with zero attached hydrogens (tertiary/aromatic N) is 1. The summed E-state index contributed by atoms with van der Waals surface area (Å²) < 4.78 is 13.6. The van der Waals surface area contributed by atoms with Crippen molar-refractivity contribution in [3.05, 3.63) is 34.1 Å². The second-order valence-electron chi connectivity index (χ2n) is 6.58. The molecule has 0 radical (unpaired) electrons. The lowest BCUT2D eigenvalue weighted by molar-refractivity contribution is -0.135. The lowest BCUT2D eigenvalue weighted by Crippen LogP contribution is -2.43. The normalized spacial score (nSPS) is 15.2. The molecule has 1 heterocycles. The SMILES string of the molecule is CCCCCNC(=O)C1CCN(C(=O)Cc2ccc(F)c(Br)c2)CC1. The van der Waals surface area contributed by atoms with Crippen LogP contribution in [0.25, 0.3) is 0 Å². The lowest BCUT2D eigenvalue weighted by atomic mass is 9.95. The van der Waals surface area contributed by atoms with Gasteiger partial charge in [-0.15, -0.1) is 0 Å². The van der Waals surface area contributed by atoms with Gasteiger partial charge in [-0.3, -0.25) is 9.59 Å². The number of carbonyl (C=O) groups excluding carboxylic acids is 2. The molecule has 25 heavy (non-hydrogen) atoms. The van der Waals surface area contributed by atoms with Crippen LogP contribution in [0.15, 0.2) is 22.7 Å². The maximum Gasteiger partial charge on any atom is 0.226 e. The Morgan fingerprint density at radius 2 is 2.00 bits per heavy atom. The first-order chi connectivity index (χ1) is 12.0. The minimum absolute atomic E-state index is 0.00522. The molecule has 1 aromatic carbocycles. The van der Waals surface area contributed by atoms with Gasteiger partial charge in [0.1, 0.15) is 5.82 Å². The Morgan fingerprint density at radius 1 is 1.28 bits per heavy atom. The molecule has 0 bridgehead atoms. The molecule has 0 aromatic heterocycles. The summed E-state index contributed by atoms with van der Waals surface area (Å²) in [5.41, 5.74) is 0.786.